The topological polar surface area (TPSA) is 71.2 Å². The van der Waals surface area contributed by atoms with E-state index >= 15 is 0 Å². The fourth-order valence-corrected chi connectivity index (χ4v) is 2.04. The number of anilines is 1. The molecule has 0 aliphatic heterocycles. The molecule has 1 aromatic heterocycles. The number of pyridine rings is 1. The van der Waals surface area contributed by atoms with Gasteiger partial charge in [0.15, 0.2) is 0 Å². The second-order valence-corrected chi connectivity index (χ2v) is 6.20. The molecule has 0 aromatic carbocycles. The van der Waals surface area contributed by atoms with Gasteiger partial charge in [0, 0.05) is 29.8 Å². The average Bonchev–Trinajstić information content (AvgIpc) is 2.41. The Morgan fingerprint density at radius 1 is 1.29 bits per heavy atom. The Balaban J connectivity index is 2.72. The van der Waals surface area contributed by atoms with Gasteiger partial charge in [-0.15, -0.1) is 0 Å². The molecule has 1 heterocycles. The SMILES string of the molecule is CCN(CC)CCNC(=O)c1cc(N)nc(C(C)(C)C)c1. The number of nitrogens with one attached hydrogen (secondary N) is 1. The lowest BCUT2D eigenvalue weighted by atomic mass is 9.90. The fourth-order valence-electron chi connectivity index (χ4n) is 2.04. The molecular weight excluding hydrogens is 264 g/mol. The Hall–Kier alpha value is -1.62. The van der Waals surface area contributed by atoms with Gasteiger partial charge in [-0.2, -0.15) is 0 Å². The number of amides is 1. The van der Waals surface area contributed by atoms with E-state index in [1.165, 1.54) is 0 Å². The fraction of sp³-hybridized carbons (Fsp3) is 0.625. The largest absolute Gasteiger partial charge is 0.384 e. The van der Waals surface area contributed by atoms with Crippen molar-refractivity contribution >= 4 is 11.7 Å². The summed E-state index contributed by atoms with van der Waals surface area (Å²) in [6, 6.07) is 3.45. The van der Waals surface area contributed by atoms with Gasteiger partial charge in [0.05, 0.1) is 0 Å². The lowest BCUT2D eigenvalue weighted by Crippen LogP contribution is -2.35. The van der Waals surface area contributed by atoms with Crippen molar-refractivity contribution in [2.45, 2.75) is 40.0 Å². The van der Waals surface area contributed by atoms with Gasteiger partial charge in [-0.1, -0.05) is 34.6 Å². The number of carbonyl (C=O) groups excluding carboxylic acids is 1. The molecule has 21 heavy (non-hydrogen) atoms. The van der Waals surface area contributed by atoms with Crippen LogP contribution < -0.4 is 11.1 Å². The van der Waals surface area contributed by atoms with Crippen LogP contribution in [-0.4, -0.2) is 42.0 Å². The molecule has 0 fully saturated rings. The summed E-state index contributed by atoms with van der Waals surface area (Å²) in [6.07, 6.45) is 0. The highest BCUT2D eigenvalue weighted by molar-refractivity contribution is 5.94. The van der Waals surface area contributed by atoms with E-state index in [1.807, 2.05) is 6.07 Å². The van der Waals surface area contributed by atoms with Crippen molar-refractivity contribution < 1.29 is 4.79 Å². The first-order valence-electron chi connectivity index (χ1n) is 7.56. The summed E-state index contributed by atoms with van der Waals surface area (Å²) in [5, 5.41) is 2.94. The molecule has 5 heteroatoms. The minimum atomic E-state index is -0.133. The van der Waals surface area contributed by atoms with Crippen LogP contribution in [0.1, 0.15) is 50.7 Å². The minimum absolute atomic E-state index is 0.0956. The van der Waals surface area contributed by atoms with Crippen molar-refractivity contribution in [2.24, 2.45) is 0 Å². The standard InChI is InChI=1S/C16H28N4O/c1-6-20(7-2)9-8-18-15(21)12-10-13(16(3,4)5)19-14(17)11-12/h10-11H,6-9H2,1-5H3,(H2,17,19)(H,18,21). The maximum absolute atomic E-state index is 12.2. The molecule has 1 rings (SSSR count). The summed E-state index contributed by atoms with van der Waals surface area (Å²) in [7, 11) is 0. The van der Waals surface area contributed by atoms with Gasteiger partial charge >= 0.3 is 0 Å². The van der Waals surface area contributed by atoms with Crippen LogP contribution in [0.15, 0.2) is 12.1 Å². The Morgan fingerprint density at radius 2 is 1.90 bits per heavy atom. The van der Waals surface area contributed by atoms with Crippen molar-refractivity contribution in [1.29, 1.82) is 0 Å². The molecule has 0 saturated carbocycles. The molecule has 0 unspecified atom stereocenters. The first kappa shape index (κ1) is 17.4. The van der Waals surface area contributed by atoms with E-state index in [-0.39, 0.29) is 11.3 Å². The molecule has 1 amide bonds. The molecule has 0 bridgehead atoms. The minimum Gasteiger partial charge on any atom is -0.384 e. The zero-order chi connectivity index (χ0) is 16.0. The maximum atomic E-state index is 12.2. The molecule has 3 N–H and O–H groups in total. The molecule has 0 saturated heterocycles. The number of rotatable bonds is 6. The van der Waals surface area contributed by atoms with E-state index in [4.69, 9.17) is 5.73 Å². The number of carbonyl (C=O) groups is 1. The van der Waals surface area contributed by atoms with Crippen molar-refractivity contribution in [3.63, 3.8) is 0 Å². The van der Waals surface area contributed by atoms with Crippen LogP contribution in [0, 0.1) is 0 Å². The smallest absolute Gasteiger partial charge is 0.251 e. The molecule has 1 aromatic rings. The Morgan fingerprint density at radius 3 is 2.43 bits per heavy atom. The second-order valence-electron chi connectivity index (χ2n) is 6.20. The Bertz CT molecular complexity index is 476. The molecule has 0 radical (unpaired) electrons. The highest BCUT2D eigenvalue weighted by Crippen LogP contribution is 2.22. The lowest BCUT2D eigenvalue weighted by Gasteiger charge is -2.20. The van der Waals surface area contributed by atoms with Crippen LogP contribution in [-0.2, 0) is 5.41 Å². The van der Waals surface area contributed by atoms with Gasteiger partial charge in [0.2, 0.25) is 0 Å². The normalized spacial score (nSPS) is 11.7. The highest BCUT2D eigenvalue weighted by Gasteiger charge is 2.18. The molecule has 0 spiro atoms. The number of nitrogens with two attached hydrogens (primary N) is 1. The van der Waals surface area contributed by atoms with Crippen LogP contribution >= 0.6 is 0 Å². The summed E-state index contributed by atoms with van der Waals surface area (Å²) in [6.45, 7) is 13.9. The summed E-state index contributed by atoms with van der Waals surface area (Å²) in [4.78, 5) is 18.8. The molecule has 118 valence electrons. The van der Waals surface area contributed by atoms with Crippen molar-refractivity contribution in [1.82, 2.24) is 15.2 Å². The summed E-state index contributed by atoms with van der Waals surface area (Å²) in [5.74, 6) is 0.290. The number of aromatic nitrogens is 1. The lowest BCUT2D eigenvalue weighted by molar-refractivity contribution is 0.0948. The first-order valence-corrected chi connectivity index (χ1v) is 7.56. The van der Waals surface area contributed by atoms with Crippen LogP contribution in [0.2, 0.25) is 0 Å². The third kappa shape index (κ3) is 5.34. The van der Waals surface area contributed by atoms with Gasteiger partial charge in [-0.05, 0) is 25.2 Å². The Kier molecular flexibility index (Phi) is 6.15. The van der Waals surface area contributed by atoms with E-state index in [0.717, 1.165) is 25.3 Å². The van der Waals surface area contributed by atoms with E-state index in [2.05, 4.69) is 49.8 Å². The zero-order valence-corrected chi connectivity index (χ0v) is 13.9. The summed E-state index contributed by atoms with van der Waals surface area (Å²) >= 11 is 0. The Labute approximate surface area is 127 Å². The molecule has 0 aliphatic rings. The number of nitrogens with zero attached hydrogens (tertiary/aromatic N) is 2. The van der Waals surface area contributed by atoms with Gasteiger partial charge in [0.25, 0.3) is 5.91 Å². The maximum Gasteiger partial charge on any atom is 0.251 e. The van der Waals surface area contributed by atoms with Gasteiger partial charge in [-0.25, -0.2) is 4.98 Å². The van der Waals surface area contributed by atoms with E-state index in [9.17, 15) is 4.79 Å². The predicted molar refractivity (Wildman–Crippen MR) is 87.5 cm³/mol. The summed E-state index contributed by atoms with van der Waals surface area (Å²) in [5.41, 5.74) is 7.09. The highest BCUT2D eigenvalue weighted by atomic mass is 16.1. The van der Waals surface area contributed by atoms with Crippen LogP contribution in [0.3, 0.4) is 0 Å². The number of nitrogen functional groups attached to an aromatic ring is 1. The van der Waals surface area contributed by atoms with E-state index < -0.39 is 0 Å². The van der Waals surface area contributed by atoms with Gasteiger partial charge < -0.3 is 16.0 Å². The van der Waals surface area contributed by atoms with Gasteiger partial charge in [0.1, 0.15) is 5.82 Å². The average molecular weight is 292 g/mol. The third-order valence-electron chi connectivity index (χ3n) is 3.48. The van der Waals surface area contributed by atoms with Crippen LogP contribution in [0.5, 0.6) is 0 Å². The van der Waals surface area contributed by atoms with Crippen LogP contribution in [0.4, 0.5) is 5.82 Å². The zero-order valence-electron chi connectivity index (χ0n) is 13.9. The van der Waals surface area contributed by atoms with E-state index in [0.29, 0.717) is 17.9 Å². The predicted octanol–water partition coefficient (Wildman–Crippen LogP) is 2.03. The number of likely N-dealkylation sites (N-methyl/N-ethyl adjacent to an activating group) is 1. The van der Waals surface area contributed by atoms with Crippen LogP contribution in [0.25, 0.3) is 0 Å². The molecule has 5 nitrogen and oxygen atoms in total. The quantitative estimate of drug-likeness (QED) is 0.841. The number of hydrogen-bond acceptors (Lipinski definition) is 4. The monoisotopic (exact) mass is 292 g/mol. The van der Waals surface area contributed by atoms with Crippen molar-refractivity contribution in [3.8, 4) is 0 Å². The van der Waals surface area contributed by atoms with Crippen molar-refractivity contribution in [2.75, 3.05) is 31.9 Å². The number of hydrogen-bond donors (Lipinski definition) is 2. The second kappa shape index (κ2) is 7.41. The molecule has 0 atom stereocenters. The molecule has 0 aliphatic carbocycles. The molecular formula is C16H28N4O. The third-order valence-corrected chi connectivity index (χ3v) is 3.48. The summed E-state index contributed by atoms with van der Waals surface area (Å²) < 4.78 is 0. The van der Waals surface area contributed by atoms with Gasteiger partial charge in [-0.3, -0.25) is 4.79 Å². The van der Waals surface area contributed by atoms with Crippen molar-refractivity contribution in [3.05, 3.63) is 23.4 Å². The van der Waals surface area contributed by atoms with E-state index in [1.54, 1.807) is 6.07 Å². The first-order chi connectivity index (χ1) is 9.77.